The average Bonchev–Trinajstić information content (AvgIpc) is 2.97. The minimum atomic E-state index is -0.0528. The van der Waals surface area contributed by atoms with Crippen LogP contribution in [-0.2, 0) is 0 Å². The van der Waals surface area contributed by atoms with Crippen molar-refractivity contribution in [1.82, 2.24) is 4.98 Å². The minimum absolute atomic E-state index is 0.0528. The van der Waals surface area contributed by atoms with Gasteiger partial charge in [-0.05, 0) is 12.1 Å². The zero-order valence-electron chi connectivity index (χ0n) is 10.6. The van der Waals surface area contributed by atoms with E-state index in [9.17, 15) is 4.79 Å². The van der Waals surface area contributed by atoms with E-state index in [-0.39, 0.29) is 5.78 Å². The molecule has 0 aliphatic heterocycles. The van der Waals surface area contributed by atoms with E-state index < -0.39 is 0 Å². The molecule has 0 saturated carbocycles. The van der Waals surface area contributed by atoms with Crippen molar-refractivity contribution < 1.29 is 4.79 Å². The SMILES string of the molecule is O=C(c1ccccc1)c1csc(Nc2ccccc2)n1. The summed E-state index contributed by atoms with van der Waals surface area (Å²) in [6, 6.07) is 19.0. The number of carbonyl (C=O) groups excluding carboxylic acids is 1. The summed E-state index contributed by atoms with van der Waals surface area (Å²) < 4.78 is 0. The summed E-state index contributed by atoms with van der Waals surface area (Å²) in [5.74, 6) is -0.0528. The molecular weight excluding hydrogens is 268 g/mol. The molecule has 98 valence electrons. The molecule has 0 fully saturated rings. The molecule has 0 spiro atoms. The quantitative estimate of drug-likeness (QED) is 0.731. The van der Waals surface area contributed by atoms with Gasteiger partial charge in [0, 0.05) is 16.6 Å². The van der Waals surface area contributed by atoms with E-state index in [0.29, 0.717) is 11.3 Å². The second-order valence-electron chi connectivity index (χ2n) is 4.22. The molecule has 1 N–H and O–H groups in total. The number of thiazole rings is 1. The Morgan fingerprint density at radius 2 is 1.60 bits per heavy atom. The monoisotopic (exact) mass is 280 g/mol. The molecule has 1 heterocycles. The molecule has 4 heteroatoms. The highest BCUT2D eigenvalue weighted by Gasteiger charge is 2.12. The Balaban J connectivity index is 1.79. The molecule has 0 aliphatic rings. The van der Waals surface area contributed by atoms with Crippen molar-refractivity contribution in [2.75, 3.05) is 5.32 Å². The van der Waals surface area contributed by atoms with E-state index in [0.717, 1.165) is 10.8 Å². The first-order valence-electron chi connectivity index (χ1n) is 6.20. The van der Waals surface area contributed by atoms with Crippen molar-refractivity contribution in [3.8, 4) is 0 Å². The van der Waals surface area contributed by atoms with E-state index in [1.54, 1.807) is 17.5 Å². The molecule has 3 nitrogen and oxygen atoms in total. The number of aromatic nitrogens is 1. The van der Waals surface area contributed by atoms with Crippen LogP contribution in [0.2, 0.25) is 0 Å². The van der Waals surface area contributed by atoms with Gasteiger partial charge in [-0.2, -0.15) is 0 Å². The van der Waals surface area contributed by atoms with Gasteiger partial charge in [-0.1, -0.05) is 48.5 Å². The van der Waals surface area contributed by atoms with Crippen LogP contribution in [0.5, 0.6) is 0 Å². The van der Waals surface area contributed by atoms with Crippen LogP contribution in [0.3, 0.4) is 0 Å². The predicted octanol–water partition coefficient (Wildman–Crippen LogP) is 4.12. The number of nitrogens with zero attached hydrogens (tertiary/aromatic N) is 1. The molecule has 0 radical (unpaired) electrons. The van der Waals surface area contributed by atoms with Crippen molar-refractivity contribution in [2.24, 2.45) is 0 Å². The third kappa shape index (κ3) is 2.75. The van der Waals surface area contributed by atoms with Gasteiger partial charge in [0.25, 0.3) is 0 Å². The standard InChI is InChI=1S/C16H12N2OS/c19-15(12-7-3-1-4-8-12)14-11-20-16(18-14)17-13-9-5-2-6-10-13/h1-11H,(H,17,18). The number of nitrogens with one attached hydrogen (secondary N) is 1. The van der Waals surface area contributed by atoms with E-state index >= 15 is 0 Å². The zero-order chi connectivity index (χ0) is 13.8. The first-order chi connectivity index (χ1) is 9.83. The molecule has 0 atom stereocenters. The summed E-state index contributed by atoms with van der Waals surface area (Å²) in [7, 11) is 0. The van der Waals surface area contributed by atoms with Crippen LogP contribution in [0.25, 0.3) is 0 Å². The van der Waals surface area contributed by atoms with Gasteiger partial charge >= 0.3 is 0 Å². The molecule has 3 rings (SSSR count). The molecule has 1 aromatic heterocycles. The molecule has 0 aliphatic carbocycles. The fraction of sp³-hybridized carbons (Fsp3) is 0. The highest BCUT2D eigenvalue weighted by Crippen LogP contribution is 2.22. The van der Waals surface area contributed by atoms with Crippen LogP contribution in [0.1, 0.15) is 16.1 Å². The van der Waals surface area contributed by atoms with Gasteiger partial charge in [0.2, 0.25) is 5.78 Å². The average molecular weight is 280 g/mol. The van der Waals surface area contributed by atoms with Gasteiger partial charge in [-0.25, -0.2) is 4.98 Å². The highest BCUT2D eigenvalue weighted by atomic mass is 32.1. The van der Waals surface area contributed by atoms with E-state index in [2.05, 4.69) is 10.3 Å². The van der Waals surface area contributed by atoms with Crippen molar-refractivity contribution in [2.45, 2.75) is 0 Å². The number of benzene rings is 2. The number of hydrogen-bond acceptors (Lipinski definition) is 4. The lowest BCUT2D eigenvalue weighted by molar-refractivity contribution is 0.103. The van der Waals surface area contributed by atoms with Crippen molar-refractivity contribution in [1.29, 1.82) is 0 Å². The first-order valence-corrected chi connectivity index (χ1v) is 7.08. The first kappa shape index (κ1) is 12.6. The van der Waals surface area contributed by atoms with Gasteiger partial charge in [0.15, 0.2) is 5.13 Å². The lowest BCUT2D eigenvalue weighted by atomic mass is 10.1. The Bertz CT molecular complexity index is 708. The number of hydrogen-bond donors (Lipinski definition) is 1. The second-order valence-corrected chi connectivity index (χ2v) is 5.08. The van der Waals surface area contributed by atoms with Gasteiger partial charge in [-0.3, -0.25) is 4.79 Å². The van der Waals surface area contributed by atoms with Gasteiger partial charge in [-0.15, -0.1) is 11.3 Å². The number of para-hydroxylation sites is 1. The molecule has 2 aromatic carbocycles. The van der Waals surface area contributed by atoms with Crippen LogP contribution in [0.4, 0.5) is 10.8 Å². The maximum absolute atomic E-state index is 12.2. The topological polar surface area (TPSA) is 42.0 Å². The Hall–Kier alpha value is -2.46. The fourth-order valence-corrected chi connectivity index (χ4v) is 2.53. The smallest absolute Gasteiger partial charge is 0.212 e. The summed E-state index contributed by atoms with van der Waals surface area (Å²) in [6.07, 6.45) is 0. The zero-order valence-corrected chi connectivity index (χ0v) is 11.4. The van der Waals surface area contributed by atoms with Crippen LogP contribution < -0.4 is 5.32 Å². The number of carbonyl (C=O) groups is 1. The molecule has 20 heavy (non-hydrogen) atoms. The molecule has 0 saturated heterocycles. The van der Waals surface area contributed by atoms with Crippen molar-refractivity contribution >= 4 is 27.9 Å². The summed E-state index contributed by atoms with van der Waals surface area (Å²) >= 11 is 1.42. The van der Waals surface area contributed by atoms with Crippen molar-refractivity contribution in [3.63, 3.8) is 0 Å². The van der Waals surface area contributed by atoms with E-state index in [4.69, 9.17) is 0 Å². The lowest BCUT2D eigenvalue weighted by Crippen LogP contribution is -2.01. The maximum Gasteiger partial charge on any atom is 0.212 e. The summed E-state index contributed by atoms with van der Waals surface area (Å²) in [5.41, 5.74) is 2.09. The normalized spacial score (nSPS) is 10.2. The Morgan fingerprint density at radius 3 is 2.30 bits per heavy atom. The number of ketones is 1. The molecule has 3 aromatic rings. The molecule has 0 bridgehead atoms. The number of rotatable bonds is 4. The maximum atomic E-state index is 12.2. The van der Waals surface area contributed by atoms with Crippen molar-refractivity contribution in [3.05, 3.63) is 77.3 Å². The van der Waals surface area contributed by atoms with Crippen LogP contribution in [0.15, 0.2) is 66.0 Å². The summed E-state index contributed by atoms with van der Waals surface area (Å²) in [6.45, 7) is 0. The molecule has 0 unspecified atom stereocenters. The Morgan fingerprint density at radius 1 is 0.950 bits per heavy atom. The van der Waals surface area contributed by atoms with E-state index in [1.165, 1.54) is 11.3 Å². The van der Waals surface area contributed by atoms with Crippen LogP contribution >= 0.6 is 11.3 Å². The highest BCUT2D eigenvalue weighted by molar-refractivity contribution is 7.14. The summed E-state index contributed by atoms with van der Waals surface area (Å²) in [5, 5.41) is 5.68. The number of anilines is 2. The third-order valence-electron chi connectivity index (χ3n) is 2.80. The van der Waals surface area contributed by atoms with Gasteiger partial charge in [0.1, 0.15) is 5.69 Å². The van der Waals surface area contributed by atoms with Gasteiger partial charge in [0.05, 0.1) is 0 Å². The van der Waals surface area contributed by atoms with E-state index in [1.807, 2.05) is 48.5 Å². The molecule has 0 amide bonds. The van der Waals surface area contributed by atoms with Crippen LogP contribution in [0, 0.1) is 0 Å². The lowest BCUT2D eigenvalue weighted by Gasteiger charge is -2.00. The second kappa shape index (κ2) is 5.67. The summed E-state index contributed by atoms with van der Waals surface area (Å²) in [4.78, 5) is 16.6. The minimum Gasteiger partial charge on any atom is -0.332 e. The van der Waals surface area contributed by atoms with Crippen LogP contribution in [-0.4, -0.2) is 10.8 Å². The third-order valence-corrected chi connectivity index (χ3v) is 3.56. The predicted molar refractivity (Wildman–Crippen MR) is 81.7 cm³/mol. The fourth-order valence-electron chi connectivity index (χ4n) is 1.82. The Kier molecular flexibility index (Phi) is 3.56. The van der Waals surface area contributed by atoms with Gasteiger partial charge < -0.3 is 5.32 Å². The molecular formula is C16H12N2OS. The largest absolute Gasteiger partial charge is 0.332 e. The Labute approximate surface area is 120 Å².